The van der Waals surface area contributed by atoms with Crippen LogP contribution in [0.4, 0.5) is 5.69 Å². The molecule has 0 saturated carbocycles. The number of aryl methyl sites for hydroxylation is 3. The molecule has 1 aliphatic carbocycles. The number of hydrogen-bond acceptors (Lipinski definition) is 4. The number of phenols is 1. The average molecular weight is 346 g/mol. The number of hydrazone groups is 1. The van der Waals surface area contributed by atoms with E-state index in [1.54, 1.807) is 6.07 Å². The van der Waals surface area contributed by atoms with Gasteiger partial charge in [-0.2, -0.15) is 5.10 Å². The van der Waals surface area contributed by atoms with E-state index >= 15 is 0 Å². The molecule has 5 rings (SSSR count). The van der Waals surface area contributed by atoms with Crippen molar-refractivity contribution in [2.24, 2.45) is 5.10 Å². The minimum absolute atomic E-state index is 0.265. The zero-order valence-corrected chi connectivity index (χ0v) is 14.7. The van der Waals surface area contributed by atoms with Gasteiger partial charge >= 0.3 is 0 Å². The second-order valence-electron chi connectivity index (χ2n) is 7.18. The standard InChI is InChI=1S/C22H22N2O2/c25-19-11-12-21-22(16-8-2-4-10-20(16)26-21)17(19)14-23-24-13-5-7-15-6-1-3-9-18(15)24/h1,3,6,9,11-12,14,25H,2,4-5,7-8,10,13H2. The Morgan fingerprint density at radius 2 is 1.88 bits per heavy atom. The van der Waals surface area contributed by atoms with E-state index in [4.69, 9.17) is 9.52 Å². The number of benzene rings is 2. The maximum atomic E-state index is 10.5. The summed E-state index contributed by atoms with van der Waals surface area (Å²) in [5.74, 6) is 1.34. The highest BCUT2D eigenvalue weighted by molar-refractivity contribution is 6.03. The predicted octanol–water partition coefficient (Wildman–Crippen LogP) is 4.80. The fourth-order valence-corrected chi connectivity index (χ4v) is 4.26. The fraction of sp³-hybridized carbons (Fsp3) is 0.318. The van der Waals surface area contributed by atoms with Crippen LogP contribution in [0, 0.1) is 0 Å². The van der Waals surface area contributed by atoms with Crippen LogP contribution in [-0.2, 0) is 19.3 Å². The van der Waals surface area contributed by atoms with E-state index in [1.165, 1.54) is 24.0 Å². The number of aromatic hydroxyl groups is 1. The molecule has 0 spiro atoms. The van der Waals surface area contributed by atoms with Crippen molar-refractivity contribution in [2.45, 2.75) is 38.5 Å². The van der Waals surface area contributed by atoms with Crippen molar-refractivity contribution in [3.63, 3.8) is 0 Å². The SMILES string of the molecule is Oc1ccc2oc3c(c2c1C=NN1CCCc2ccccc21)CCCC3. The average Bonchev–Trinajstić information content (AvgIpc) is 3.06. The molecule has 0 bridgehead atoms. The summed E-state index contributed by atoms with van der Waals surface area (Å²) in [6, 6.07) is 12.0. The quantitative estimate of drug-likeness (QED) is 0.678. The summed E-state index contributed by atoms with van der Waals surface area (Å²) in [6.45, 7) is 0.897. The molecule has 0 fully saturated rings. The number of anilines is 1. The van der Waals surface area contributed by atoms with Crippen LogP contribution in [0.25, 0.3) is 11.0 Å². The number of hydrogen-bond donors (Lipinski definition) is 1. The maximum Gasteiger partial charge on any atom is 0.135 e. The van der Waals surface area contributed by atoms with Gasteiger partial charge < -0.3 is 9.52 Å². The van der Waals surface area contributed by atoms with E-state index in [0.29, 0.717) is 0 Å². The Bertz CT molecular complexity index is 1000. The third kappa shape index (κ3) is 2.48. The molecule has 132 valence electrons. The molecule has 0 amide bonds. The fourth-order valence-electron chi connectivity index (χ4n) is 4.26. The van der Waals surface area contributed by atoms with Crippen LogP contribution >= 0.6 is 0 Å². The molecule has 4 heteroatoms. The van der Waals surface area contributed by atoms with Gasteiger partial charge in [-0.05, 0) is 55.9 Å². The first-order valence-electron chi connectivity index (χ1n) is 9.47. The summed E-state index contributed by atoms with van der Waals surface area (Å²) in [4.78, 5) is 0. The van der Waals surface area contributed by atoms with Crippen molar-refractivity contribution < 1.29 is 9.52 Å². The molecule has 4 nitrogen and oxygen atoms in total. The monoisotopic (exact) mass is 346 g/mol. The molecule has 0 saturated heterocycles. The van der Waals surface area contributed by atoms with E-state index in [1.807, 2.05) is 17.3 Å². The molecule has 1 aliphatic heterocycles. The smallest absolute Gasteiger partial charge is 0.135 e. The molecule has 2 heterocycles. The van der Waals surface area contributed by atoms with E-state index in [2.05, 4.69) is 24.3 Å². The largest absolute Gasteiger partial charge is 0.507 e. The van der Waals surface area contributed by atoms with Crippen molar-refractivity contribution in [3.8, 4) is 5.75 Å². The van der Waals surface area contributed by atoms with Gasteiger partial charge in [-0.25, -0.2) is 0 Å². The molecule has 0 unspecified atom stereocenters. The first-order chi connectivity index (χ1) is 12.8. The number of fused-ring (bicyclic) bond motifs is 4. The predicted molar refractivity (Wildman–Crippen MR) is 104 cm³/mol. The van der Waals surface area contributed by atoms with Crippen molar-refractivity contribution in [1.82, 2.24) is 0 Å². The van der Waals surface area contributed by atoms with Gasteiger partial charge in [-0.15, -0.1) is 0 Å². The minimum atomic E-state index is 0.265. The van der Waals surface area contributed by atoms with Crippen LogP contribution in [-0.4, -0.2) is 17.9 Å². The second kappa shape index (κ2) is 6.20. The van der Waals surface area contributed by atoms with Gasteiger partial charge in [0.05, 0.1) is 11.9 Å². The van der Waals surface area contributed by atoms with Crippen molar-refractivity contribution >= 4 is 22.9 Å². The second-order valence-corrected chi connectivity index (χ2v) is 7.18. The van der Waals surface area contributed by atoms with Crippen LogP contribution in [0.15, 0.2) is 45.9 Å². The highest BCUT2D eigenvalue weighted by Gasteiger charge is 2.22. The molecule has 2 aromatic carbocycles. The van der Waals surface area contributed by atoms with E-state index in [-0.39, 0.29) is 5.75 Å². The van der Waals surface area contributed by atoms with Gasteiger partial charge in [0.2, 0.25) is 0 Å². The number of para-hydroxylation sites is 1. The third-order valence-corrected chi connectivity index (χ3v) is 5.55. The van der Waals surface area contributed by atoms with Gasteiger partial charge in [0, 0.05) is 29.5 Å². The lowest BCUT2D eigenvalue weighted by Crippen LogP contribution is -2.24. The van der Waals surface area contributed by atoms with Crippen LogP contribution in [0.3, 0.4) is 0 Å². The first-order valence-corrected chi connectivity index (χ1v) is 9.47. The van der Waals surface area contributed by atoms with Gasteiger partial charge in [-0.1, -0.05) is 18.2 Å². The Labute approximate surface area is 152 Å². The highest BCUT2D eigenvalue weighted by atomic mass is 16.3. The highest BCUT2D eigenvalue weighted by Crippen LogP contribution is 2.37. The summed E-state index contributed by atoms with van der Waals surface area (Å²) >= 11 is 0. The minimum Gasteiger partial charge on any atom is -0.507 e. The zero-order chi connectivity index (χ0) is 17.5. The molecule has 1 aromatic heterocycles. The number of phenolic OH excluding ortho intramolecular Hbond substituents is 1. The molecule has 1 N–H and O–H groups in total. The van der Waals surface area contributed by atoms with Crippen LogP contribution in [0.5, 0.6) is 5.75 Å². The summed E-state index contributed by atoms with van der Waals surface area (Å²) in [7, 11) is 0. The van der Waals surface area contributed by atoms with Gasteiger partial charge in [0.1, 0.15) is 17.1 Å². The third-order valence-electron chi connectivity index (χ3n) is 5.55. The Balaban J connectivity index is 1.59. The molecule has 26 heavy (non-hydrogen) atoms. The molecule has 2 aliphatic rings. The van der Waals surface area contributed by atoms with E-state index in [0.717, 1.165) is 60.2 Å². The summed E-state index contributed by atoms with van der Waals surface area (Å²) in [5, 5.41) is 18.3. The Kier molecular flexibility index (Phi) is 3.70. The van der Waals surface area contributed by atoms with Crippen molar-refractivity contribution in [3.05, 3.63) is 58.8 Å². The normalized spacial score (nSPS) is 16.8. The van der Waals surface area contributed by atoms with Crippen LogP contribution in [0.1, 0.15) is 41.7 Å². The lowest BCUT2D eigenvalue weighted by molar-refractivity contribution is 0.474. The lowest BCUT2D eigenvalue weighted by atomic mass is 9.94. The molecule has 3 aromatic rings. The Morgan fingerprint density at radius 1 is 1.00 bits per heavy atom. The van der Waals surface area contributed by atoms with E-state index in [9.17, 15) is 5.11 Å². The molecular formula is C22H22N2O2. The molecule has 0 radical (unpaired) electrons. The number of nitrogens with zero attached hydrogens (tertiary/aromatic N) is 2. The Morgan fingerprint density at radius 3 is 2.85 bits per heavy atom. The Hall–Kier alpha value is -2.75. The van der Waals surface area contributed by atoms with Crippen molar-refractivity contribution in [2.75, 3.05) is 11.6 Å². The summed E-state index contributed by atoms with van der Waals surface area (Å²) < 4.78 is 6.05. The first kappa shape index (κ1) is 15.5. The molecular weight excluding hydrogens is 324 g/mol. The topological polar surface area (TPSA) is 49.0 Å². The van der Waals surface area contributed by atoms with Crippen molar-refractivity contribution in [1.29, 1.82) is 0 Å². The van der Waals surface area contributed by atoms with Gasteiger partial charge in [0.25, 0.3) is 0 Å². The van der Waals surface area contributed by atoms with Crippen LogP contribution in [0.2, 0.25) is 0 Å². The van der Waals surface area contributed by atoms with Crippen LogP contribution < -0.4 is 5.01 Å². The lowest BCUT2D eigenvalue weighted by Gasteiger charge is -2.26. The summed E-state index contributed by atoms with van der Waals surface area (Å²) in [5.41, 5.74) is 5.38. The molecule has 0 atom stereocenters. The summed E-state index contributed by atoms with van der Waals surface area (Å²) in [6.07, 6.45) is 8.34. The number of rotatable bonds is 2. The van der Waals surface area contributed by atoms with E-state index < -0.39 is 0 Å². The van der Waals surface area contributed by atoms with Gasteiger partial charge in [-0.3, -0.25) is 5.01 Å². The van der Waals surface area contributed by atoms with Gasteiger partial charge in [0.15, 0.2) is 0 Å². The zero-order valence-electron chi connectivity index (χ0n) is 14.7. The maximum absolute atomic E-state index is 10.5. The number of furan rings is 1.